The third-order valence-electron chi connectivity index (χ3n) is 6.37. The number of benzene rings is 1. The van der Waals surface area contributed by atoms with Crippen LogP contribution in [-0.4, -0.2) is 74.2 Å². The number of likely N-dealkylation sites (N-methyl/N-ethyl adjacent to an activating group) is 1. The number of fused-ring (bicyclic) bond motifs is 1. The minimum Gasteiger partial charge on any atom is -0.491 e. The Kier molecular flexibility index (Phi) is 7.94. The van der Waals surface area contributed by atoms with Gasteiger partial charge in [-0.05, 0) is 49.8 Å². The first kappa shape index (κ1) is 23.5. The first-order valence-electron chi connectivity index (χ1n) is 11.4. The summed E-state index contributed by atoms with van der Waals surface area (Å²) in [5.74, 6) is 1.37. The third-order valence-corrected chi connectivity index (χ3v) is 6.37. The van der Waals surface area contributed by atoms with Crippen LogP contribution in [0.3, 0.4) is 0 Å². The fraction of sp³-hybridized carbons (Fsp3) is 0.667. The predicted molar refractivity (Wildman–Crippen MR) is 122 cm³/mol. The van der Waals surface area contributed by atoms with Crippen LogP contribution in [0.5, 0.6) is 5.75 Å². The summed E-state index contributed by atoms with van der Waals surface area (Å²) in [6.45, 7) is 9.16. The average molecular weight is 432 g/mol. The molecule has 2 amide bonds. The molecule has 0 saturated heterocycles. The van der Waals surface area contributed by atoms with Crippen molar-refractivity contribution in [3.63, 3.8) is 0 Å². The SMILES string of the molecule is CCC(=O)Nc1ccc2c(c1)C(=O)N(C)C[C@H](OC)[C@H](C)CN(CC1CC1)[C@@H](C)CO2. The Morgan fingerprint density at radius 1 is 1.26 bits per heavy atom. The molecule has 1 saturated carbocycles. The van der Waals surface area contributed by atoms with Gasteiger partial charge in [0.2, 0.25) is 5.91 Å². The van der Waals surface area contributed by atoms with E-state index in [1.165, 1.54) is 12.8 Å². The van der Waals surface area contributed by atoms with Crippen LogP contribution in [0.4, 0.5) is 5.69 Å². The summed E-state index contributed by atoms with van der Waals surface area (Å²) in [5.41, 5.74) is 1.06. The van der Waals surface area contributed by atoms with E-state index in [2.05, 4.69) is 24.1 Å². The van der Waals surface area contributed by atoms with Crippen molar-refractivity contribution in [3.05, 3.63) is 23.8 Å². The van der Waals surface area contributed by atoms with E-state index in [1.807, 2.05) is 0 Å². The predicted octanol–water partition coefficient (Wildman–Crippen LogP) is 3.25. The van der Waals surface area contributed by atoms with E-state index in [4.69, 9.17) is 9.47 Å². The molecular weight excluding hydrogens is 394 g/mol. The lowest BCUT2D eigenvalue weighted by atomic mass is 10.0. The molecular formula is C24H37N3O4. The fourth-order valence-electron chi connectivity index (χ4n) is 4.07. The number of nitrogens with one attached hydrogen (secondary N) is 1. The van der Waals surface area contributed by atoms with E-state index in [0.717, 1.165) is 19.0 Å². The molecule has 7 heteroatoms. The zero-order valence-corrected chi connectivity index (χ0v) is 19.5. The van der Waals surface area contributed by atoms with Gasteiger partial charge in [-0.3, -0.25) is 14.5 Å². The number of ether oxygens (including phenoxy) is 2. The summed E-state index contributed by atoms with van der Waals surface area (Å²) in [6.07, 6.45) is 2.93. The number of anilines is 1. The molecule has 0 radical (unpaired) electrons. The largest absolute Gasteiger partial charge is 0.491 e. The number of carbonyl (C=O) groups is 2. The average Bonchev–Trinajstić information content (AvgIpc) is 3.58. The summed E-state index contributed by atoms with van der Waals surface area (Å²) in [5, 5.41) is 2.84. The molecule has 1 aromatic rings. The normalized spacial score (nSPS) is 25.8. The highest BCUT2D eigenvalue weighted by Gasteiger charge is 2.31. The maximum atomic E-state index is 13.3. The molecule has 1 N–H and O–H groups in total. The molecule has 31 heavy (non-hydrogen) atoms. The van der Waals surface area contributed by atoms with E-state index in [-0.39, 0.29) is 29.9 Å². The smallest absolute Gasteiger partial charge is 0.257 e. The fourth-order valence-corrected chi connectivity index (χ4v) is 4.07. The Morgan fingerprint density at radius 2 is 2.00 bits per heavy atom. The van der Waals surface area contributed by atoms with Crippen LogP contribution in [0.2, 0.25) is 0 Å². The van der Waals surface area contributed by atoms with Crippen LogP contribution < -0.4 is 10.1 Å². The monoisotopic (exact) mass is 431 g/mol. The number of carbonyl (C=O) groups excluding carboxylic acids is 2. The first-order chi connectivity index (χ1) is 14.8. The van der Waals surface area contributed by atoms with Gasteiger partial charge in [-0.25, -0.2) is 0 Å². The number of hydrogen-bond acceptors (Lipinski definition) is 5. The van der Waals surface area contributed by atoms with Gasteiger partial charge in [0.25, 0.3) is 5.91 Å². The Hall–Kier alpha value is -2.12. The Morgan fingerprint density at radius 3 is 2.65 bits per heavy atom. The zero-order chi connectivity index (χ0) is 22.5. The highest BCUT2D eigenvalue weighted by molar-refractivity contribution is 5.99. The van der Waals surface area contributed by atoms with Gasteiger partial charge in [-0.2, -0.15) is 0 Å². The number of methoxy groups -OCH3 is 1. The van der Waals surface area contributed by atoms with Crippen LogP contribution in [0, 0.1) is 11.8 Å². The Bertz CT molecular complexity index is 780. The summed E-state index contributed by atoms with van der Waals surface area (Å²) in [7, 11) is 3.51. The van der Waals surface area contributed by atoms with Gasteiger partial charge in [-0.1, -0.05) is 13.8 Å². The molecule has 3 atom stereocenters. The van der Waals surface area contributed by atoms with Gasteiger partial charge in [-0.15, -0.1) is 0 Å². The van der Waals surface area contributed by atoms with E-state index >= 15 is 0 Å². The molecule has 1 heterocycles. The quantitative estimate of drug-likeness (QED) is 0.775. The molecule has 1 aliphatic heterocycles. The molecule has 0 unspecified atom stereocenters. The molecule has 0 spiro atoms. The van der Waals surface area contributed by atoms with Crippen molar-refractivity contribution >= 4 is 17.5 Å². The number of nitrogens with zero attached hydrogens (tertiary/aromatic N) is 2. The maximum Gasteiger partial charge on any atom is 0.257 e. The van der Waals surface area contributed by atoms with Crippen molar-refractivity contribution in [2.75, 3.05) is 45.7 Å². The van der Waals surface area contributed by atoms with Crippen molar-refractivity contribution in [1.82, 2.24) is 9.80 Å². The van der Waals surface area contributed by atoms with Gasteiger partial charge < -0.3 is 19.7 Å². The van der Waals surface area contributed by atoms with Gasteiger partial charge in [0.1, 0.15) is 12.4 Å². The second-order valence-electron chi connectivity index (χ2n) is 9.11. The summed E-state index contributed by atoms with van der Waals surface area (Å²) >= 11 is 0. The minimum absolute atomic E-state index is 0.0605. The van der Waals surface area contributed by atoms with Crippen molar-refractivity contribution in [2.45, 2.75) is 52.2 Å². The highest BCUT2D eigenvalue weighted by atomic mass is 16.5. The van der Waals surface area contributed by atoms with E-state index in [9.17, 15) is 9.59 Å². The Labute approximate surface area is 186 Å². The highest BCUT2D eigenvalue weighted by Crippen LogP contribution is 2.31. The second kappa shape index (κ2) is 10.5. The van der Waals surface area contributed by atoms with Gasteiger partial charge in [0.05, 0.1) is 11.7 Å². The van der Waals surface area contributed by atoms with Gasteiger partial charge in [0.15, 0.2) is 0 Å². The molecule has 0 bridgehead atoms. The number of hydrogen-bond donors (Lipinski definition) is 1. The first-order valence-corrected chi connectivity index (χ1v) is 11.4. The number of amides is 2. The molecule has 2 aliphatic rings. The van der Waals surface area contributed by atoms with Crippen LogP contribution in [-0.2, 0) is 9.53 Å². The minimum atomic E-state index is -0.139. The molecule has 0 aromatic heterocycles. The van der Waals surface area contributed by atoms with E-state index in [0.29, 0.717) is 36.6 Å². The molecule has 7 nitrogen and oxygen atoms in total. The molecule has 3 rings (SSSR count). The van der Waals surface area contributed by atoms with Gasteiger partial charge >= 0.3 is 0 Å². The van der Waals surface area contributed by atoms with Crippen molar-refractivity contribution in [1.29, 1.82) is 0 Å². The van der Waals surface area contributed by atoms with Crippen LogP contribution in [0.25, 0.3) is 0 Å². The summed E-state index contributed by atoms with van der Waals surface area (Å²) in [4.78, 5) is 29.3. The van der Waals surface area contributed by atoms with Crippen LogP contribution >= 0.6 is 0 Å². The third kappa shape index (κ3) is 6.20. The standard InChI is InChI=1S/C24H37N3O4/c1-6-23(28)25-19-9-10-21-20(11-19)24(29)26(4)14-22(30-5)16(2)12-27(13-18-7-8-18)17(3)15-31-21/h9-11,16-18,22H,6-8,12-15H2,1-5H3,(H,25,28)/t16-,17+,22+/m1/s1. The van der Waals surface area contributed by atoms with E-state index < -0.39 is 0 Å². The lowest BCUT2D eigenvalue weighted by Gasteiger charge is -2.36. The lowest BCUT2D eigenvalue weighted by Crippen LogP contribution is -2.47. The maximum absolute atomic E-state index is 13.3. The molecule has 172 valence electrons. The topological polar surface area (TPSA) is 71.1 Å². The van der Waals surface area contributed by atoms with Gasteiger partial charge in [0, 0.05) is 51.9 Å². The van der Waals surface area contributed by atoms with Crippen LogP contribution in [0.15, 0.2) is 18.2 Å². The Balaban J connectivity index is 1.90. The molecule has 1 fully saturated rings. The number of rotatable bonds is 5. The molecule has 1 aliphatic carbocycles. The lowest BCUT2D eigenvalue weighted by molar-refractivity contribution is -0.115. The second-order valence-corrected chi connectivity index (χ2v) is 9.11. The van der Waals surface area contributed by atoms with Crippen molar-refractivity contribution in [3.8, 4) is 5.75 Å². The molecule has 1 aromatic carbocycles. The zero-order valence-electron chi connectivity index (χ0n) is 19.5. The van der Waals surface area contributed by atoms with Crippen molar-refractivity contribution < 1.29 is 19.1 Å². The summed E-state index contributed by atoms with van der Waals surface area (Å²) < 4.78 is 12.0. The summed E-state index contributed by atoms with van der Waals surface area (Å²) in [6, 6.07) is 5.51. The van der Waals surface area contributed by atoms with E-state index in [1.54, 1.807) is 44.2 Å². The van der Waals surface area contributed by atoms with Crippen molar-refractivity contribution in [2.24, 2.45) is 11.8 Å². The van der Waals surface area contributed by atoms with Crippen LogP contribution in [0.1, 0.15) is 50.4 Å².